The van der Waals surface area contributed by atoms with Gasteiger partial charge in [0.15, 0.2) is 15.8 Å². The monoisotopic (exact) mass is 519 g/mol. The Labute approximate surface area is 185 Å². The van der Waals surface area contributed by atoms with Crippen LogP contribution in [0.2, 0.25) is 0 Å². The SMILES string of the molecule is C=CCNC(=NCC1CCS(=O)(=O)C1)N1CCN(c2cc(C)ccn2)CC1.I. The number of aromatic nitrogens is 1. The molecule has 0 aliphatic carbocycles. The topological polar surface area (TPSA) is 77.9 Å². The highest BCUT2D eigenvalue weighted by atomic mass is 127. The first-order valence-corrected chi connectivity index (χ1v) is 11.3. The van der Waals surface area contributed by atoms with E-state index in [1.807, 2.05) is 18.3 Å². The normalized spacial score (nSPS) is 21.9. The first kappa shape index (κ1) is 22.9. The minimum Gasteiger partial charge on any atom is -0.353 e. The first-order chi connectivity index (χ1) is 13.0. The third-order valence-corrected chi connectivity index (χ3v) is 6.87. The van der Waals surface area contributed by atoms with Gasteiger partial charge in [0.25, 0.3) is 0 Å². The molecule has 0 amide bonds. The molecule has 1 atom stereocenters. The van der Waals surface area contributed by atoms with Gasteiger partial charge in [-0.1, -0.05) is 6.08 Å². The summed E-state index contributed by atoms with van der Waals surface area (Å²) in [6.45, 7) is 10.5. The highest BCUT2D eigenvalue weighted by Crippen LogP contribution is 2.19. The van der Waals surface area contributed by atoms with Crippen molar-refractivity contribution in [1.29, 1.82) is 0 Å². The molecular formula is C19H30IN5O2S. The summed E-state index contributed by atoms with van der Waals surface area (Å²) in [4.78, 5) is 13.7. The number of aliphatic imine (C=N–C) groups is 1. The number of halogens is 1. The number of piperazine rings is 1. The van der Waals surface area contributed by atoms with E-state index in [1.165, 1.54) is 5.56 Å². The molecule has 2 saturated heterocycles. The summed E-state index contributed by atoms with van der Waals surface area (Å²) in [5.74, 6) is 2.55. The third-order valence-electron chi connectivity index (χ3n) is 5.03. The summed E-state index contributed by atoms with van der Waals surface area (Å²) >= 11 is 0. The van der Waals surface area contributed by atoms with Gasteiger partial charge >= 0.3 is 0 Å². The molecule has 0 spiro atoms. The molecule has 0 bridgehead atoms. The molecule has 2 aliphatic heterocycles. The smallest absolute Gasteiger partial charge is 0.194 e. The summed E-state index contributed by atoms with van der Waals surface area (Å²) in [6, 6.07) is 4.12. The van der Waals surface area contributed by atoms with Crippen LogP contribution in [0.3, 0.4) is 0 Å². The van der Waals surface area contributed by atoms with Crippen LogP contribution in [0.15, 0.2) is 36.0 Å². The zero-order valence-corrected chi connectivity index (χ0v) is 19.5. The maximum Gasteiger partial charge on any atom is 0.194 e. The summed E-state index contributed by atoms with van der Waals surface area (Å²) in [7, 11) is -2.86. The maximum atomic E-state index is 11.7. The number of nitrogens with zero attached hydrogens (tertiary/aromatic N) is 4. The molecule has 1 aromatic heterocycles. The van der Waals surface area contributed by atoms with E-state index >= 15 is 0 Å². The molecule has 0 saturated carbocycles. The van der Waals surface area contributed by atoms with Gasteiger partial charge in [0.1, 0.15) is 5.82 Å². The molecule has 1 N–H and O–H groups in total. The van der Waals surface area contributed by atoms with Crippen molar-refractivity contribution in [3.63, 3.8) is 0 Å². The molecule has 28 heavy (non-hydrogen) atoms. The van der Waals surface area contributed by atoms with E-state index in [0.29, 0.717) is 25.3 Å². The van der Waals surface area contributed by atoms with Gasteiger partial charge in [-0.05, 0) is 37.0 Å². The predicted octanol–water partition coefficient (Wildman–Crippen LogP) is 1.70. The number of guanidine groups is 1. The quantitative estimate of drug-likeness (QED) is 0.276. The van der Waals surface area contributed by atoms with Crippen LogP contribution >= 0.6 is 24.0 Å². The van der Waals surface area contributed by atoms with Crippen LogP contribution in [0.1, 0.15) is 12.0 Å². The Balaban J connectivity index is 0.00000280. The van der Waals surface area contributed by atoms with Crippen molar-refractivity contribution in [3.8, 4) is 0 Å². The minimum atomic E-state index is -2.86. The van der Waals surface area contributed by atoms with Crippen LogP contribution in [0.25, 0.3) is 0 Å². The fourth-order valence-electron chi connectivity index (χ4n) is 3.50. The van der Waals surface area contributed by atoms with Crippen LogP contribution in [0, 0.1) is 12.8 Å². The van der Waals surface area contributed by atoms with Gasteiger partial charge in [-0.15, -0.1) is 30.6 Å². The Bertz CT molecular complexity index is 791. The first-order valence-electron chi connectivity index (χ1n) is 9.49. The van der Waals surface area contributed by atoms with E-state index < -0.39 is 9.84 Å². The van der Waals surface area contributed by atoms with Crippen LogP contribution in [-0.4, -0.2) is 75.0 Å². The number of sulfone groups is 1. The second-order valence-corrected chi connectivity index (χ2v) is 9.50. The second kappa shape index (κ2) is 10.4. The second-order valence-electron chi connectivity index (χ2n) is 7.27. The highest BCUT2D eigenvalue weighted by Gasteiger charge is 2.28. The van der Waals surface area contributed by atoms with Gasteiger partial charge < -0.3 is 15.1 Å². The van der Waals surface area contributed by atoms with Crippen LogP contribution in [0.4, 0.5) is 5.82 Å². The lowest BCUT2D eigenvalue weighted by atomic mass is 10.1. The lowest BCUT2D eigenvalue weighted by Gasteiger charge is -2.37. The standard InChI is InChI=1S/C19H29N5O2S.HI/c1-3-6-21-19(22-14-17-5-12-27(25,26)15-17)24-10-8-23(9-11-24)18-13-16(2)4-7-20-18;/h3-4,7,13,17H,1,5-6,8-12,14-15H2,2H3,(H,21,22);1H. The van der Waals surface area contributed by atoms with E-state index in [2.05, 4.69) is 39.7 Å². The number of pyridine rings is 1. The third kappa shape index (κ3) is 6.33. The Kier molecular flexibility index (Phi) is 8.54. The van der Waals surface area contributed by atoms with Crippen LogP contribution in [0.5, 0.6) is 0 Å². The number of rotatable bonds is 5. The van der Waals surface area contributed by atoms with Gasteiger partial charge in [-0.2, -0.15) is 0 Å². The Morgan fingerprint density at radius 3 is 2.75 bits per heavy atom. The molecule has 156 valence electrons. The van der Waals surface area contributed by atoms with E-state index in [9.17, 15) is 8.42 Å². The number of hydrogen-bond acceptors (Lipinski definition) is 5. The molecule has 1 aromatic rings. The molecule has 2 fully saturated rings. The van der Waals surface area contributed by atoms with Gasteiger partial charge in [0, 0.05) is 45.5 Å². The zero-order chi connectivity index (χ0) is 19.3. The predicted molar refractivity (Wildman–Crippen MR) is 125 cm³/mol. The lowest BCUT2D eigenvalue weighted by molar-refractivity contribution is 0.371. The summed E-state index contributed by atoms with van der Waals surface area (Å²) in [5.41, 5.74) is 1.21. The number of hydrogen-bond donors (Lipinski definition) is 1. The molecule has 2 aliphatic rings. The maximum absolute atomic E-state index is 11.7. The van der Waals surface area contributed by atoms with E-state index in [0.717, 1.165) is 38.0 Å². The Morgan fingerprint density at radius 1 is 1.39 bits per heavy atom. The highest BCUT2D eigenvalue weighted by molar-refractivity contribution is 14.0. The number of anilines is 1. The molecule has 0 aromatic carbocycles. The summed E-state index contributed by atoms with van der Waals surface area (Å²) in [6.07, 6.45) is 4.38. The van der Waals surface area contributed by atoms with Gasteiger partial charge in [-0.3, -0.25) is 4.99 Å². The fraction of sp³-hybridized carbons (Fsp3) is 0.579. The molecule has 9 heteroatoms. The number of nitrogens with one attached hydrogen (secondary N) is 1. The molecular weight excluding hydrogens is 489 g/mol. The van der Waals surface area contributed by atoms with Crippen molar-refractivity contribution >= 4 is 45.6 Å². The van der Waals surface area contributed by atoms with Crippen molar-refractivity contribution < 1.29 is 8.42 Å². The summed E-state index contributed by atoms with van der Waals surface area (Å²) < 4.78 is 23.3. The van der Waals surface area contributed by atoms with E-state index in [-0.39, 0.29) is 35.6 Å². The van der Waals surface area contributed by atoms with E-state index in [1.54, 1.807) is 0 Å². The van der Waals surface area contributed by atoms with E-state index in [4.69, 9.17) is 4.99 Å². The summed E-state index contributed by atoms with van der Waals surface area (Å²) in [5, 5.41) is 3.32. The van der Waals surface area contributed by atoms with Gasteiger partial charge in [0.2, 0.25) is 0 Å². The van der Waals surface area contributed by atoms with Crippen LogP contribution in [-0.2, 0) is 9.84 Å². The van der Waals surface area contributed by atoms with Crippen molar-refractivity contribution in [2.24, 2.45) is 10.9 Å². The van der Waals surface area contributed by atoms with Crippen molar-refractivity contribution in [2.45, 2.75) is 13.3 Å². The molecule has 7 nitrogen and oxygen atoms in total. The molecule has 0 radical (unpaired) electrons. The number of aryl methyl sites for hydroxylation is 1. The van der Waals surface area contributed by atoms with Gasteiger partial charge in [-0.25, -0.2) is 13.4 Å². The Morgan fingerprint density at radius 2 is 2.14 bits per heavy atom. The zero-order valence-electron chi connectivity index (χ0n) is 16.4. The molecule has 3 heterocycles. The fourth-order valence-corrected chi connectivity index (χ4v) is 5.35. The Hall–Kier alpha value is -1.36. The van der Waals surface area contributed by atoms with Gasteiger partial charge in [0.05, 0.1) is 11.5 Å². The molecule has 1 unspecified atom stereocenters. The lowest BCUT2D eigenvalue weighted by Crippen LogP contribution is -2.53. The van der Waals surface area contributed by atoms with Crippen molar-refractivity contribution in [2.75, 3.05) is 55.7 Å². The molecule has 3 rings (SSSR count). The van der Waals surface area contributed by atoms with Crippen LogP contribution < -0.4 is 10.2 Å². The minimum absolute atomic E-state index is 0. The average molecular weight is 519 g/mol. The average Bonchev–Trinajstić information content (AvgIpc) is 3.01. The van der Waals surface area contributed by atoms with Crippen molar-refractivity contribution in [1.82, 2.24) is 15.2 Å². The largest absolute Gasteiger partial charge is 0.353 e. The van der Waals surface area contributed by atoms with Crippen molar-refractivity contribution in [3.05, 3.63) is 36.5 Å².